The maximum Gasteiger partial charge on any atom is 0.407 e. The molecule has 192 valence electrons. The summed E-state index contributed by atoms with van der Waals surface area (Å²) in [7, 11) is -1.89. The molecule has 2 fully saturated rings. The SMILES string of the molecule is CC(C)(C)OC(=O)NC1CC[C@@H]2[C@@H](C1)C[C@@H](O[Si](C)(C)C(C)(C)C)[C@H]2COCc1ccccc1. The molecule has 0 heterocycles. The van der Waals surface area contributed by atoms with E-state index in [0.717, 1.165) is 32.3 Å². The van der Waals surface area contributed by atoms with Crippen molar-refractivity contribution < 1.29 is 18.7 Å². The van der Waals surface area contributed by atoms with Gasteiger partial charge < -0.3 is 19.2 Å². The van der Waals surface area contributed by atoms with Gasteiger partial charge in [-0.1, -0.05) is 51.1 Å². The number of hydrogen-bond donors (Lipinski definition) is 1. The van der Waals surface area contributed by atoms with Crippen LogP contribution in [0, 0.1) is 17.8 Å². The fraction of sp³-hybridized carbons (Fsp3) is 0.750. The summed E-state index contributed by atoms with van der Waals surface area (Å²) >= 11 is 0. The highest BCUT2D eigenvalue weighted by Gasteiger charge is 2.50. The first-order chi connectivity index (χ1) is 15.7. The largest absolute Gasteiger partial charge is 0.444 e. The Balaban J connectivity index is 1.66. The van der Waals surface area contributed by atoms with E-state index in [-0.39, 0.29) is 23.3 Å². The van der Waals surface area contributed by atoms with E-state index < -0.39 is 13.9 Å². The molecular formula is C28H47NO4Si. The summed E-state index contributed by atoms with van der Waals surface area (Å²) in [5.74, 6) is 1.54. The molecule has 0 aromatic heterocycles. The van der Waals surface area contributed by atoms with Crippen LogP contribution in [0.4, 0.5) is 4.79 Å². The molecule has 0 aliphatic heterocycles. The van der Waals surface area contributed by atoms with Crippen molar-refractivity contribution in [2.24, 2.45) is 17.8 Å². The van der Waals surface area contributed by atoms with Crippen LogP contribution in [-0.4, -0.2) is 38.8 Å². The summed E-state index contributed by atoms with van der Waals surface area (Å²) in [6.07, 6.45) is 4.07. The first-order valence-corrected chi connectivity index (χ1v) is 15.9. The number of fused-ring (bicyclic) bond motifs is 1. The fourth-order valence-corrected chi connectivity index (χ4v) is 6.67. The highest BCUT2D eigenvalue weighted by atomic mass is 28.4. The summed E-state index contributed by atoms with van der Waals surface area (Å²) in [6.45, 7) is 18.7. The smallest absolute Gasteiger partial charge is 0.407 e. The fourth-order valence-electron chi connectivity index (χ4n) is 5.29. The lowest BCUT2D eigenvalue weighted by Crippen LogP contribution is -2.46. The van der Waals surface area contributed by atoms with Crippen LogP contribution in [0.2, 0.25) is 18.1 Å². The topological polar surface area (TPSA) is 56.8 Å². The maximum atomic E-state index is 12.3. The first kappa shape index (κ1) is 27.2. The van der Waals surface area contributed by atoms with Gasteiger partial charge in [-0.15, -0.1) is 0 Å². The lowest BCUT2D eigenvalue weighted by Gasteiger charge is -2.40. The summed E-state index contributed by atoms with van der Waals surface area (Å²) in [6, 6.07) is 10.6. The Labute approximate surface area is 208 Å². The maximum absolute atomic E-state index is 12.3. The first-order valence-electron chi connectivity index (χ1n) is 13.0. The monoisotopic (exact) mass is 489 g/mol. The molecule has 2 aliphatic rings. The molecule has 1 unspecified atom stereocenters. The van der Waals surface area contributed by atoms with Crippen LogP contribution >= 0.6 is 0 Å². The van der Waals surface area contributed by atoms with Crippen LogP contribution in [-0.2, 0) is 20.5 Å². The predicted octanol–water partition coefficient (Wildman–Crippen LogP) is 6.92. The molecule has 0 radical (unpaired) electrons. The van der Waals surface area contributed by atoms with Gasteiger partial charge in [0.25, 0.3) is 0 Å². The van der Waals surface area contributed by atoms with Gasteiger partial charge in [0.05, 0.1) is 19.3 Å². The normalized spacial score (nSPS) is 27.8. The van der Waals surface area contributed by atoms with Gasteiger partial charge in [0.15, 0.2) is 8.32 Å². The van der Waals surface area contributed by atoms with Crippen molar-refractivity contribution in [1.29, 1.82) is 0 Å². The third kappa shape index (κ3) is 7.31. The van der Waals surface area contributed by atoms with Crippen LogP contribution in [0.3, 0.4) is 0 Å². The second kappa shape index (κ2) is 10.7. The molecule has 5 atom stereocenters. The molecule has 0 spiro atoms. The Morgan fingerprint density at radius 1 is 1.03 bits per heavy atom. The van der Waals surface area contributed by atoms with E-state index in [2.05, 4.69) is 63.4 Å². The molecule has 34 heavy (non-hydrogen) atoms. The van der Waals surface area contributed by atoms with Crippen molar-refractivity contribution in [3.05, 3.63) is 35.9 Å². The van der Waals surface area contributed by atoms with Gasteiger partial charge >= 0.3 is 6.09 Å². The van der Waals surface area contributed by atoms with Crippen molar-refractivity contribution in [3.63, 3.8) is 0 Å². The van der Waals surface area contributed by atoms with Crippen LogP contribution in [0.15, 0.2) is 30.3 Å². The lowest BCUT2D eigenvalue weighted by atomic mass is 9.76. The number of carbonyl (C=O) groups is 1. The quantitative estimate of drug-likeness (QED) is 0.422. The number of alkyl carbamates (subject to hydrolysis) is 1. The van der Waals surface area contributed by atoms with Crippen molar-refractivity contribution >= 4 is 14.4 Å². The number of amides is 1. The van der Waals surface area contributed by atoms with Crippen LogP contribution in [0.25, 0.3) is 0 Å². The van der Waals surface area contributed by atoms with Gasteiger partial charge in [-0.25, -0.2) is 4.79 Å². The zero-order chi connectivity index (χ0) is 25.1. The highest BCUT2D eigenvalue weighted by Crippen LogP contribution is 2.50. The zero-order valence-electron chi connectivity index (χ0n) is 22.6. The third-order valence-corrected chi connectivity index (χ3v) is 12.5. The lowest BCUT2D eigenvalue weighted by molar-refractivity contribution is 0.0184. The highest BCUT2D eigenvalue weighted by molar-refractivity contribution is 6.74. The molecule has 0 saturated heterocycles. The third-order valence-electron chi connectivity index (χ3n) is 8.00. The standard InChI is InChI=1S/C28H47NO4Si/c1-27(2,3)32-26(30)29-22-14-15-23-21(16-22)17-25(33-34(7,8)28(4,5)6)24(23)19-31-18-20-12-10-9-11-13-20/h9-13,21-25H,14-19H2,1-8H3,(H,29,30)/t21-,22?,23+,24-,25+/m0/s1. The molecule has 6 heteroatoms. The number of hydrogen-bond acceptors (Lipinski definition) is 4. The second-order valence-electron chi connectivity index (χ2n) is 12.9. The van der Waals surface area contributed by atoms with Crippen molar-refractivity contribution in [3.8, 4) is 0 Å². The van der Waals surface area contributed by atoms with E-state index in [4.69, 9.17) is 13.9 Å². The number of ether oxygens (including phenoxy) is 2. The molecule has 3 rings (SSSR count). The van der Waals surface area contributed by atoms with Crippen LogP contribution in [0.5, 0.6) is 0 Å². The number of benzene rings is 1. The molecule has 0 bridgehead atoms. The van der Waals surface area contributed by atoms with Gasteiger partial charge in [-0.2, -0.15) is 0 Å². The van der Waals surface area contributed by atoms with E-state index in [1.807, 2.05) is 26.8 Å². The Bertz CT molecular complexity index is 799. The predicted molar refractivity (Wildman–Crippen MR) is 140 cm³/mol. The minimum Gasteiger partial charge on any atom is -0.444 e. The minimum atomic E-state index is -1.89. The molecule has 1 N–H and O–H groups in total. The molecule has 1 aromatic rings. The zero-order valence-corrected chi connectivity index (χ0v) is 23.6. The van der Waals surface area contributed by atoms with Crippen molar-refractivity contribution in [1.82, 2.24) is 5.32 Å². The second-order valence-corrected chi connectivity index (χ2v) is 17.7. The van der Waals surface area contributed by atoms with Gasteiger partial charge in [-0.3, -0.25) is 0 Å². The summed E-state index contributed by atoms with van der Waals surface area (Å²) in [4.78, 5) is 12.3. The number of nitrogens with one attached hydrogen (secondary N) is 1. The van der Waals surface area contributed by atoms with Crippen LogP contribution < -0.4 is 5.32 Å². The Morgan fingerprint density at radius 2 is 1.71 bits per heavy atom. The van der Waals surface area contributed by atoms with Gasteiger partial charge in [0.1, 0.15) is 5.60 Å². The van der Waals surface area contributed by atoms with E-state index in [9.17, 15) is 4.79 Å². The van der Waals surface area contributed by atoms with Crippen LogP contribution in [0.1, 0.15) is 72.8 Å². The number of carbonyl (C=O) groups excluding carboxylic acids is 1. The van der Waals surface area contributed by atoms with Gasteiger partial charge in [-0.05, 0) is 82.0 Å². The van der Waals surface area contributed by atoms with E-state index in [0.29, 0.717) is 24.4 Å². The molecule has 1 amide bonds. The van der Waals surface area contributed by atoms with E-state index in [1.54, 1.807) is 0 Å². The summed E-state index contributed by atoms with van der Waals surface area (Å²) in [5.41, 5.74) is 0.738. The summed E-state index contributed by atoms with van der Waals surface area (Å²) < 4.78 is 18.8. The average Bonchev–Trinajstić information content (AvgIpc) is 3.02. The number of rotatable bonds is 7. The molecule has 5 nitrogen and oxygen atoms in total. The van der Waals surface area contributed by atoms with Gasteiger partial charge in [0.2, 0.25) is 0 Å². The Morgan fingerprint density at radius 3 is 2.32 bits per heavy atom. The average molecular weight is 490 g/mol. The Hall–Kier alpha value is -1.37. The molecule has 2 saturated carbocycles. The molecular weight excluding hydrogens is 442 g/mol. The van der Waals surface area contributed by atoms with E-state index in [1.165, 1.54) is 5.56 Å². The van der Waals surface area contributed by atoms with E-state index >= 15 is 0 Å². The molecule has 1 aromatic carbocycles. The molecule has 2 aliphatic carbocycles. The van der Waals surface area contributed by atoms with Crippen molar-refractivity contribution in [2.45, 2.75) is 110 Å². The Kier molecular flexibility index (Phi) is 8.57. The van der Waals surface area contributed by atoms with Crippen molar-refractivity contribution in [2.75, 3.05) is 6.61 Å². The minimum absolute atomic E-state index is 0.175. The summed E-state index contributed by atoms with van der Waals surface area (Å²) in [5, 5.41) is 3.31. The van der Waals surface area contributed by atoms with Gasteiger partial charge in [0, 0.05) is 12.0 Å².